The summed E-state index contributed by atoms with van der Waals surface area (Å²) in [6.45, 7) is 3.28. The first kappa shape index (κ1) is 13.3. The van der Waals surface area contributed by atoms with Crippen LogP contribution in [0.3, 0.4) is 0 Å². The first-order valence-corrected chi connectivity index (χ1v) is 6.27. The molecule has 0 amide bonds. The van der Waals surface area contributed by atoms with E-state index < -0.39 is 0 Å². The Bertz CT molecular complexity index is 154. The van der Waals surface area contributed by atoms with Crippen molar-refractivity contribution in [1.82, 2.24) is 5.32 Å². The van der Waals surface area contributed by atoms with E-state index >= 15 is 0 Å². The van der Waals surface area contributed by atoms with Gasteiger partial charge < -0.3 is 22.5 Å². The quantitative estimate of drug-likeness (QED) is 0.695. The third-order valence-corrected chi connectivity index (χ3v) is 3.55. The minimum atomic E-state index is 0. The van der Waals surface area contributed by atoms with Gasteiger partial charge in [0.15, 0.2) is 0 Å². The summed E-state index contributed by atoms with van der Waals surface area (Å²) in [7, 11) is 0. The lowest BCUT2D eigenvalue weighted by atomic mass is 9.89. The Kier molecular flexibility index (Phi) is 6.62. The molecule has 2 rings (SSSR count). The fraction of sp³-hybridized carbons (Fsp3) is 1.00. The number of ether oxygens (including phenoxy) is 1. The van der Waals surface area contributed by atoms with Crippen LogP contribution in [0.15, 0.2) is 0 Å². The second kappa shape index (κ2) is 7.48. The van der Waals surface area contributed by atoms with Crippen molar-refractivity contribution in [1.29, 1.82) is 0 Å². The molecule has 3 heteroatoms. The number of halogens is 1. The third-order valence-electron chi connectivity index (χ3n) is 3.55. The highest BCUT2D eigenvalue weighted by molar-refractivity contribution is 4.71. The molecule has 2 fully saturated rings. The van der Waals surface area contributed by atoms with Gasteiger partial charge in [0.05, 0.1) is 6.10 Å². The maximum Gasteiger partial charge on any atom is 0.0700 e. The molecule has 2 nitrogen and oxygen atoms in total. The van der Waals surface area contributed by atoms with Crippen molar-refractivity contribution < 1.29 is 17.1 Å². The predicted octanol–water partition coefficient (Wildman–Crippen LogP) is -0.661. The van der Waals surface area contributed by atoms with Gasteiger partial charge in [-0.25, -0.2) is 0 Å². The van der Waals surface area contributed by atoms with Gasteiger partial charge in [-0.05, 0) is 38.1 Å². The van der Waals surface area contributed by atoms with E-state index in [0.29, 0.717) is 6.10 Å². The van der Waals surface area contributed by atoms with Crippen molar-refractivity contribution in [2.24, 2.45) is 5.92 Å². The van der Waals surface area contributed by atoms with Gasteiger partial charge in [-0.2, -0.15) is 0 Å². The van der Waals surface area contributed by atoms with E-state index in [9.17, 15) is 0 Å². The summed E-state index contributed by atoms with van der Waals surface area (Å²) in [6, 6.07) is 0. The molecular weight excluding hydrogens is 210 g/mol. The Morgan fingerprint density at radius 3 is 2.40 bits per heavy atom. The largest absolute Gasteiger partial charge is 1.00 e. The molecule has 1 saturated carbocycles. The Hall–Kier alpha value is 0.210. The second-order valence-electron chi connectivity index (χ2n) is 4.80. The summed E-state index contributed by atoms with van der Waals surface area (Å²) in [5, 5.41) is 3.57. The van der Waals surface area contributed by atoms with E-state index in [0.717, 1.165) is 19.1 Å². The average molecular weight is 233 g/mol. The van der Waals surface area contributed by atoms with Gasteiger partial charge in [0.25, 0.3) is 0 Å². The lowest BCUT2D eigenvalue weighted by Gasteiger charge is -2.22. The van der Waals surface area contributed by atoms with Crippen molar-refractivity contribution in [3.63, 3.8) is 0 Å². The number of rotatable bonds is 4. The zero-order valence-electron chi connectivity index (χ0n) is 9.51. The number of nitrogens with one attached hydrogen (secondary N) is 1. The standard InChI is InChI=1S/C12H23NO.ClH/c1-2-5-11(6-3-1)9-13-10-12-7-4-8-14-12;/h11-13H,1-10H2;1H/p-1. The monoisotopic (exact) mass is 232 g/mol. The molecule has 1 aliphatic heterocycles. The van der Waals surface area contributed by atoms with E-state index in [1.165, 1.54) is 51.5 Å². The molecule has 1 unspecified atom stereocenters. The topological polar surface area (TPSA) is 21.3 Å². The number of hydrogen-bond donors (Lipinski definition) is 1. The van der Waals surface area contributed by atoms with Crippen LogP contribution in [-0.2, 0) is 4.74 Å². The van der Waals surface area contributed by atoms with Crippen molar-refractivity contribution in [2.75, 3.05) is 19.7 Å². The van der Waals surface area contributed by atoms with Crippen LogP contribution < -0.4 is 17.7 Å². The molecule has 0 aromatic rings. The zero-order valence-corrected chi connectivity index (χ0v) is 10.3. The Balaban J connectivity index is 0.00000112. The molecule has 0 spiro atoms. The van der Waals surface area contributed by atoms with Crippen molar-refractivity contribution in [3.05, 3.63) is 0 Å². The fourth-order valence-corrected chi connectivity index (χ4v) is 2.65. The highest BCUT2D eigenvalue weighted by atomic mass is 35.5. The van der Waals surface area contributed by atoms with Gasteiger partial charge in [-0.15, -0.1) is 0 Å². The van der Waals surface area contributed by atoms with Crippen LogP contribution in [0.5, 0.6) is 0 Å². The molecule has 0 aromatic heterocycles. The van der Waals surface area contributed by atoms with Crippen LogP contribution >= 0.6 is 0 Å². The maximum absolute atomic E-state index is 5.58. The third kappa shape index (κ3) is 4.71. The van der Waals surface area contributed by atoms with Crippen LogP contribution in [0.2, 0.25) is 0 Å². The van der Waals surface area contributed by atoms with Gasteiger partial charge in [0.1, 0.15) is 0 Å². The van der Waals surface area contributed by atoms with Crippen molar-refractivity contribution in [3.8, 4) is 0 Å². The summed E-state index contributed by atoms with van der Waals surface area (Å²) >= 11 is 0. The van der Waals surface area contributed by atoms with Crippen LogP contribution in [0, 0.1) is 5.92 Å². The summed E-state index contributed by atoms with van der Waals surface area (Å²) in [5.41, 5.74) is 0. The minimum Gasteiger partial charge on any atom is -1.00 e. The lowest BCUT2D eigenvalue weighted by Crippen LogP contribution is -3.00. The summed E-state index contributed by atoms with van der Waals surface area (Å²) < 4.78 is 5.58. The highest BCUT2D eigenvalue weighted by Gasteiger charge is 2.16. The van der Waals surface area contributed by atoms with E-state index in [1.807, 2.05) is 0 Å². The zero-order chi connectivity index (χ0) is 9.64. The average Bonchev–Trinajstić information content (AvgIpc) is 2.72. The van der Waals surface area contributed by atoms with Gasteiger partial charge >= 0.3 is 0 Å². The normalized spacial score (nSPS) is 27.6. The fourth-order valence-electron chi connectivity index (χ4n) is 2.65. The summed E-state index contributed by atoms with van der Waals surface area (Å²) in [5.74, 6) is 0.949. The molecule has 1 atom stereocenters. The van der Waals surface area contributed by atoms with Crippen molar-refractivity contribution >= 4 is 0 Å². The first-order valence-electron chi connectivity index (χ1n) is 6.27. The maximum atomic E-state index is 5.58. The molecule has 0 bridgehead atoms. The Morgan fingerprint density at radius 1 is 0.933 bits per heavy atom. The summed E-state index contributed by atoms with van der Waals surface area (Å²) in [4.78, 5) is 0. The van der Waals surface area contributed by atoms with Crippen LogP contribution in [-0.4, -0.2) is 25.8 Å². The van der Waals surface area contributed by atoms with Gasteiger partial charge in [0, 0.05) is 13.2 Å². The Labute approximate surface area is 99.6 Å². The molecule has 1 saturated heterocycles. The lowest BCUT2D eigenvalue weighted by molar-refractivity contribution is -0.00000432. The van der Waals surface area contributed by atoms with Crippen molar-refractivity contribution in [2.45, 2.75) is 51.0 Å². The Morgan fingerprint density at radius 2 is 1.73 bits per heavy atom. The van der Waals surface area contributed by atoms with E-state index in [-0.39, 0.29) is 12.4 Å². The SMILES string of the molecule is C1CCC(CNCC2CCCO2)CC1.[Cl-]. The molecule has 90 valence electrons. The minimum absolute atomic E-state index is 0. The molecule has 15 heavy (non-hydrogen) atoms. The molecule has 1 heterocycles. The van der Waals surface area contributed by atoms with E-state index in [2.05, 4.69) is 5.32 Å². The molecule has 1 N–H and O–H groups in total. The second-order valence-corrected chi connectivity index (χ2v) is 4.80. The van der Waals surface area contributed by atoms with Gasteiger partial charge in [-0.3, -0.25) is 0 Å². The highest BCUT2D eigenvalue weighted by Crippen LogP contribution is 2.22. The van der Waals surface area contributed by atoms with Crippen LogP contribution in [0.4, 0.5) is 0 Å². The summed E-state index contributed by atoms with van der Waals surface area (Å²) in [6.07, 6.45) is 10.3. The first-order chi connectivity index (χ1) is 6.95. The van der Waals surface area contributed by atoms with Crippen LogP contribution in [0.1, 0.15) is 44.9 Å². The van der Waals surface area contributed by atoms with Gasteiger partial charge in [-0.1, -0.05) is 19.3 Å². The molecular formula is C12H23ClNO-. The van der Waals surface area contributed by atoms with E-state index in [1.54, 1.807) is 0 Å². The van der Waals surface area contributed by atoms with Crippen LogP contribution in [0.25, 0.3) is 0 Å². The predicted molar refractivity (Wildman–Crippen MR) is 58.4 cm³/mol. The van der Waals surface area contributed by atoms with Gasteiger partial charge in [0.2, 0.25) is 0 Å². The molecule has 2 aliphatic rings. The molecule has 0 aromatic carbocycles. The number of hydrogen-bond acceptors (Lipinski definition) is 2. The molecule has 0 radical (unpaired) electrons. The van der Waals surface area contributed by atoms with E-state index in [4.69, 9.17) is 4.74 Å². The smallest absolute Gasteiger partial charge is 0.0700 e. The molecule has 1 aliphatic carbocycles.